The van der Waals surface area contributed by atoms with Gasteiger partial charge in [0.1, 0.15) is 0 Å². The zero-order chi connectivity index (χ0) is 23.9. The number of benzene rings is 2. The minimum Gasteiger partial charge on any atom is -0.494 e. The molecule has 2 heterocycles. The third-order valence-corrected chi connectivity index (χ3v) is 6.02. The van der Waals surface area contributed by atoms with Crippen LogP contribution in [0.2, 0.25) is 0 Å². The van der Waals surface area contributed by atoms with Gasteiger partial charge in [-0.3, -0.25) is 14.8 Å². The highest BCUT2D eigenvalue weighted by molar-refractivity contribution is 9.10. The van der Waals surface area contributed by atoms with Gasteiger partial charge in [-0.25, -0.2) is 0 Å². The Balaban J connectivity index is 1.76. The van der Waals surface area contributed by atoms with Crippen LogP contribution in [0.3, 0.4) is 0 Å². The van der Waals surface area contributed by atoms with Crippen molar-refractivity contribution >= 4 is 44.3 Å². The van der Waals surface area contributed by atoms with Crippen molar-refractivity contribution in [1.82, 2.24) is 10.3 Å². The molecule has 1 fully saturated rings. The normalized spacial score (nSPS) is 19.5. The number of H-pyrrole nitrogens is 1. The maximum absolute atomic E-state index is 13.9. The number of aromatic nitrogens is 1. The summed E-state index contributed by atoms with van der Waals surface area (Å²) in [5, 5.41) is 14.3. The highest BCUT2D eigenvalue weighted by Crippen LogP contribution is 2.39. The second-order valence-corrected chi connectivity index (χ2v) is 9.15. The molecule has 2 atom stereocenters. The number of hydrogen-bond acceptors (Lipinski definition) is 5. The highest BCUT2D eigenvalue weighted by atomic mass is 79.9. The number of aliphatic imine (C=N–C) groups is 1. The number of nitrogens with one attached hydrogen (secondary N) is 2. The predicted octanol–water partition coefficient (Wildman–Crippen LogP) is 4.95. The molecule has 0 radical (unpaired) electrons. The number of halogens is 4. The molecule has 3 N–H and O–H groups in total. The fourth-order valence-corrected chi connectivity index (χ4v) is 4.57. The number of pyridine rings is 1. The minimum atomic E-state index is -4.56. The van der Waals surface area contributed by atoms with Crippen LogP contribution in [0.5, 0.6) is 5.88 Å². The summed E-state index contributed by atoms with van der Waals surface area (Å²) in [6, 6.07) is 8.97. The fourth-order valence-electron chi connectivity index (χ4n) is 4.21. The van der Waals surface area contributed by atoms with E-state index in [1.165, 1.54) is 18.3 Å². The van der Waals surface area contributed by atoms with Gasteiger partial charge in [-0.2, -0.15) is 13.2 Å². The van der Waals surface area contributed by atoms with Gasteiger partial charge >= 0.3 is 6.18 Å². The fraction of sp³-hybridized carbons (Fsp3) is 0.304. The second-order valence-electron chi connectivity index (χ2n) is 8.24. The number of piperazine rings is 1. The molecule has 2 aromatic carbocycles. The van der Waals surface area contributed by atoms with E-state index in [0.29, 0.717) is 28.3 Å². The Kier molecular flexibility index (Phi) is 6.24. The molecular formula is C23H22BrF3N4O2. The van der Waals surface area contributed by atoms with Crippen molar-refractivity contribution in [1.29, 1.82) is 0 Å². The molecule has 1 aromatic heterocycles. The molecule has 174 valence electrons. The molecular weight excluding hydrogens is 501 g/mol. The van der Waals surface area contributed by atoms with E-state index in [0.717, 1.165) is 6.07 Å². The van der Waals surface area contributed by atoms with E-state index < -0.39 is 23.2 Å². The average molecular weight is 523 g/mol. The van der Waals surface area contributed by atoms with Crippen molar-refractivity contribution in [2.45, 2.75) is 32.1 Å². The molecule has 33 heavy (non-hydrogen) atoms. The van der Waals surface area contributed by atoms with Crippen molar-refractivity contribution in [2.75, 3.05) is 18.0 Å². The minimum absolute atomic E-state index is 0.0587. The first-order valence-corrected chi connectivity index (χ1v) is 11.1. The molecule has 6 nitrogen and oxygen atoms in total. The first-order valence-electron chi connectivity index (χ1n) is 10.3. The SMILES string of the molecule is C[C@@H]1CN(c2ccc(N=Cc3c(O)[nH]c(=O)c4ccc(Br)cc34)cc2C(F)(F)F)C[C@H](C)N1. The molecule has 1 saturated heterocycles. The van der Waals surface area contributed by atoms with Gasteiger partial charge in [0.15, 0.2) is 0 Å². The average Bonchev–Trinajstić information content (AvgIpc) is 2.72. The third-order valence-electron chi connectivity index (χ3n) is 5.53. The molecule has 0 amide bonds. The molecule has 1 aliphatic rings. The van der Waals surface area contributed by atoms with Crippen molar-refractivity contribution in [3.05, 3.63) is 62.4 Å². The molecule has 3 aromatic rings. The van der Waals surface area contributed by atoms with Crippen LogP contribution >= 0.6 is 15.9 Å². The molecule has 0 bridgehead atoms. The van der Waals surface area contributed by atoms with E-state index in [2.05, 4.69) is 31.2 Å². The lowest BCUT2D eigenvalue weighted by Gasteiger charge is -2.38. The monoisotopic (exact) mass is 522 g/mol. The summed E-state index contributed by atoms with van der Waals surface area (Å²) >= 11 is 3.32. The Morgan fingerprint density at radius 1 is 1.12 bits per heavy atom. The zero-order valence-electron chi connectivity index (χ0n) is 17.9. The van der Waals surface area contributed by atoms with E-state index in [1.54, 1.807) is 23.1 Å². The quantitative estimate of drug-likeness (QED) is 0.425. The van der Waals surface area contributed by atoms with Crippen LogP contribution in [0.15, 0.2) is 50.7 Å². The summed E-state index contributed by atoms with van der Waals surface area (Å²) in [4.78, 5) is 20.4. The number of alkyl halides is 3. The van der Waals surface area contributed by atoms with Gasteiger partial charge in [-0.1, -0.05) is 15.9 Å². The van der Waals surface area contributed by atoms with Gasteiger partial charge < -0.3 is 15.3 Å². The molecule has 0 spiro atoms. The molecule has 4 rings (SSSR count). The van der Waals surface area contributed by atoms with Crippen molar-refractivity contribution in [3.8, 4) is 5.88 Å². The molecule has 1 aliphatic heterocycles. The maximum Gasteiger partial charge on any atom is 0.418 e. The van der Waals surface area contributed by atoms with E-state index in [4.69, 9.17) is 0 Å². The third kappa shape index (κ3) is 4.91. The Morgan fingerprint density at radius 3 is 2.48 bits per heavy atom. The van der Waals surface area contributed by atoms with Crippen molar-refractivity contribution in [3.63, 3.8) is 0 Å². The summed E-state index contributed by atoms with van der Waals surface area (Å²) in [6.45, 7) is 4.80. The topological polar surface area (TPSA) is 80.7 Å². The molecule has 0 unspecified atom stereocenters. The van der Waals surface area contributed by atoms with Crippen molar-refractivity contribution in [2.24, 2.45) is 4.99 Å². The van der Waals surface area contributed by atoms with E-state index in [-0.39, 0.29) is 29.0 Å². The van der Waals surface area contributed by atoms with Crippen LogP contribution in [0.25, 0.3) is 10.8 Å². The Morgan fingerprint density at radius 2 is 1.82 bits per heavy atom. The number of rotatable bonds is 3. The predicted molar refractivity (Wildman–Crippen MR) is 127 cm³/mol. The lowest BCUT2D eigenvalue weighted by molar-refractivity contribution is -0.137. The van der Waals surface area contributed by atoms with Gasteiger partial charge in [0.2, 0.25) is 5.88 Å². The van der Waals surface area contributed by atoms with Crippen LogP contribution in [-0.4, -0.2) is 41.5 Å². The Labute approximate surface area is 196 Å². The van der Waals surface area contributed by atoms with Gasteiger partial charge in [0.25, 0.3) is 5.56 Å². The summed E-state index contributed by atoms with van der Waals surface area (Å²) in [5.41, 5.74) is -0.848. The second kappa shape index (κ2) is 8.83. The van der Waals surface area contributed by atoms with Crippen LogP contribution < -0.4 is 15.8 Å². The maximum atomic E-state index is 13.9. The number of anilines is 1. The summed E-state index contributed by atoms with van der Waals surface area (Å²) in [7, 11) is 0. The first-order chi connectivity index (χ1) is 15.5. The van der Waals surface area contributed by atoms with Gasteiger partial charge in [0, 0.05) is 52.3 Å². The van der Waals surface area contributed by atoms with Gasteiger partial charge in [0.05, 0.1) is 16.8 Å². The summed E-state index contributed by atoms with van der Waals surface area (Å²) < 4.78 is 42.4. The van der Waals surface area contributed by atoms with Gasteiger partial charge in [-0.15, -0.1) is 0 Å². The number of fused-ring (bicyclic) bond motifs is 1. The van der Waals surface area contributed by atoms with E-state index >= 15 is 0 Å². The van der Waals surface area contributed by atoms with Crippen LogP contribution in [0.4, 0.5) is 24.5 Å². The van der Waals surface area contributed by atoms with Crippen LogP contribution in [0.1, 0.15) is 25.0 Å². The first kappa shape index (κ1) is 23.3. The van der Waals surface area contributed by atoms with E-state index in [1.807, 2.05) is 13.8 Å². The summed E-state index contributed by atoms with van der Waals surface area (Å²) in [6.07, 6.45) is -3.31. The standard InChI is InChI=1S/C23H22BrF3N4O2/c1-12-10-31(11-13(2)29-12)20-6-4-15(8-19(20)23(25,26)27)28-9-18-17-7-14(24)3-5-16(17)21(32)30-22(18)33/h3-9,12-13,29H,10-11H2,1-2H3,(H2,30,32,33)/t12-,13+. The van der Waals surface area contributed by atoms with Crippen LogP contribution in [-0.2, 0) is 6.18 Å². The number of hydrogen-bond donors (Lipinski definition) is 3. The Hall–Kier alpha value is -2.85. The lowest BCUT2D eigenvalue weighted by atomic mass is 10.1. The number of aromatic hydroxyl groups is 1. The molecule has 0 aliphatic carbocycles. The zero-order valence-corrected chi connectivity index (χ0v) is 19.5. The largest absolute Gasteiger partial charge is 0.494 e. The Bertz CT molecular complexity index is 1280. The van der Waals surface area contributed by atoms with Gasteiger partial charge in [-0.05, 0) is 50.2 Å². The lowest BCUT2D eigenvalue weighted by Crippen LogP contribution is -2.54. The van der Waals surface area contributed by atoms with E-state index in [9.17, 15) is 23.1 Å². The van der Waals surface area contributed by atoms with Crippen LogP contribution in [0, 0.1) is 0 Å². The summed E-state index contributed by atoms with van der Waals surface area (Å²) in [5.74, 6) is -0.411. The molecule has 0 saturated carbocycles. The smallest absolute Gasteiger partial charge is 0.418 e. The molecule has 10 heteroatoms. The number of aromatic amines is 1. The highest BCUT2D eigenvalue weighted by Gasteiger charge is 2.36. The number of nitrogens with zero attached hydrogens (tertiary/aromatic N) is 2. The van der Waals surface area contributed by atoms with Crippen molar-refractivity contribution < 1.29 is 18.3 Å².